The number of aryl methyl sites for hydroxylation is 1. The van der Waals surface area contributed by atoms with E-state index in [1.165, 1.54) is 11.3 Å². The Hall–Kier alpha value is -1.81. The van der Waals surface area contributed by atoms with E-state index in [0.717, 1.165) is 30.6 Å². The van der Waals surface area contributed by atoms with E-state index >= 15 is 0 Å². The number of phenolic OH excluding ortho intramolecular Hbond substituents is 1. The molecule has 0 aliphatic heterocycles. The molecule has 3 rings (SSSR count). The van der Waals surface area contributed by atoms with E-state index in [1.54, 1.807) is 12.1 Å². The van der Waals surface area contributed by atoms with Gasteiger partial charge in [0.25, 0.3) is 0 Å². The van der Waals surface area contributed by atoms with E-state index in [4.69, 9.17) is 5.73 Å². The molecule has 4 nitrogen and oxygen atoms in total. The molecule has 4 heteroatoms. The van der Waals surface area contributed by atoms with Crippen molar-refractivity contribution in [3.63, 3.8) is 0 Å². The zero-order chi connectivity index (χ0) is 12.7. The smallest absolute Gasteiger partial charge is 0.115 e. The van der Waals surface area contributed by atoms with Gasteiger partial charge in [-0.05, 0) is 56.0 Å². The number of fused-ring (bicyclic) bond motifs is 1. The fourth-order valence-corrected chi connectivity index (χ4v) is 2.62. The molecule has 0 spiro atoms. The summed E-state index contributed by atoms with van der Waals surface area (Å²) < 4.78 is 1.98. The van der Waals surface area contributed by atoms with E-state index in [9.17, 15) is 5.11 Å². The summed E-state index contributed by atoms with van der Waals surface area (Å²) >= 11 is 0. The van der Waals surface area contributed by atoms with Gasteiger partial charge >= 0.3 is 0 Å². The Morgan fingerprint density at radius 3 is 2.78 bits per heavy atom. The molecule has 94 valence electrons. The average molecular weight is 243 g/mol. The molecule has 0 radical (unpaired) electrons. The van der Waals surface area contributed by atoms with E-state index in [0.29, 0.717) is 0 Å². The van der Waals surface area contributed by atoms with Crippen LogP contribution in [0.5, 0.6) is 5.75 Å². The van der Waals surface area contributed by atoms with Crippen molar-refractivity contribution in [2.75, 3.05) is 0 Å². The highest BCUT2D eigenvalue weighted by atomic mass is 16.3. The van der Waals surface area contributed by atoms with Crippen LogP contribution >= 0.6 is 0 Å². The molecule has 1 heterocycles. The van der Waals surface area contributed by atoms with Crippen LogP contribution < -0.4 is 5.73 Å². The van der Waals surface area contributed by atoms with Crippen LogP contribution in [0.3, 0.4) is 0 Å². The Morgan fingerprint density at radius 1 is 1.33 bits per heavy atom. The maximum absolute atomic E-state index is 9.34. The van der Waals surface area contributed by atoms with Crippen molar-refractivity contribution in [2.24, 2.45) is 5.73 Å². The number of aromatic hydroxyl groups is 1. The number of rotatable bonds is 1. The van der Waals surface area contributed by atoms with Crippen molar-refractivity contribution in [3.8, 4) is 11.4 Å². The molecular formula is C14H17N3O. The quantitative estimate of drug-likeness (QED) is 0.801. The Morgan fingerprint density at radius 2 is 2.06 bits per heavy atom. The summed E-state index contributed by atoms with van der Waals surface area (Å²) in [5, 5.41) is 13.9. The van der Waals surface area contributed by atoms with E-state index in [2.05, 4.69) is 5.10 Å². The van der Waals surface area contributed by atoms with Gasteiger partial charge in [-0.3, -0.25) is 0 Å². The Balaban J connectivity index is 2.08. The fourth-order valence-electron chi connectivity index (χ4n) is 2.62. The molecule has 0 fully saturated rings. The summed E-state index contributed by atoms with van der Waals surface area (Å²) in [5.74, 6) is 0.276. The van der Waals surface area contributed by atoms with Gasteiger partial charge in [0.2, 0.25) is 0 Å². The van der Waals surface area contributed by atoms with Gasteiger partial charge in [0.05, 0.1) is 11.4 Å². The van der Waals surface area contributed by atoms with Crippen molar-refractivity contribution in [2.45, 2.75) is 32.2 Å². The summed E-state index contributed by atoms with van der Waals surface area (Å²) in [5.41, 5.74) is 10.6. The van der Waals surface area contributed by atoms with Crippen LogP contribution in [0.2, 0.25) is 0 Å². The number of hydrogen-bond acceptors (Lipinski definition) is 3. The first-order chi connectivity index (χ1) is 8.65. The summed E-state index contributed by atoms with van der Waals surface area (Å²) in [6, 6.07) is 7.40. The summed E-state index contributed by atoms with van der Waals surface area (Å²) in [4.78, 5) is 0. The monoisotopic (exact) mass is 243 g/mol. The second-order valence-corrected chi connectivity index (χ2v) is 4.94. The van der Waals surface area contributed by atoms with E-state index < -0.39 is 0 Å². The van der Waals surface area contributed by atoms with Crippen LogP contribution in [-0.2, 0) is 12.8 Å². The van der Waals surface area contributed by atoms with Crippen LogP contribution in [0.25, 0.3) is 5.69 Å². The first-order valence-corrected chi connectivity index (χ1v) is 6.27. The first-order valence-electron chi connectivity index (χ1n) is 6.27. The predicted molar refractivity (Wildman–Crippen MR) is 70.0 cm³/mol. The lowest BCUT2D eigenvalue weighted by Gasteiger charge is -2.19. The van der Waals surface area contributed by atoms with Gasteiger partial charge in [0, 0.05) is 11.7 Å². The lowest BCUT2D eigenvalue weighted by atomic mass is 9.92. The molecule has 3 N–H and O–H groups in total. The Bertz CT molecular complexity index is 571. The van der Waals surface area contributed by atoms with Crippen molar-refractivity contribution in [3.05, 3.63) is 41.2 Å². The summed E-state index contributed by atoms with van der Waals surface area (Å²) in [6.07, 6.45) is 2.90. The third-order valence-electron chi connectivity index (χ3n) is 3.60. The number of benzene rings is 1. The highest BCUT2D eigenvalue weighted by molar-refractivity contribution is 5.41. The molecule has 18 heavy (non-hydrogen) atoms. The largest absolute Gasteiger partial charge is 0.508 e. The Labute approximate surface area is 106 Å². The fraction of sp³-hybridized carbons (Fsp3) is 0.357. The molecule has 1 aliphatic carbocycles. The van der Waals surface area contributed by atoms with Gasteiger partial charge < -0.3 is 10.8 Å². The summed E-state index contributed by atoms with van der Waals surface area (Å²) in [6.45, 7) is 2.04. The standard InChI is InChI=1S/C14H17N3O/c1-9-13-8-10(15)2-7-14(13)17(16-9)11-3-5-12(18)6-4-11/h3-6,10,18H,2,7-8,15H2,1H3. The number of aromatic nitrogens is 2. The molecule has 1 atom stereocenters. The zero-order valence-electron chi connectivity index (χ0n) is 10.4. The van der Waals surface area contributed by atoms with Crippen LogP contribution in [0.15, 0.2) is 24.3 Å². The van der Waals surface area contributed by atoms with Gasteiger partial charge in [-0.1, -0.05) is 0 Å². The molecule has 2 aromatic rings. The summed E-state index contributed by atoms with van der Waals surface area (Å²) in [7, 11) is 0. The molecule has 1 aromatic carbocycles. The van der Waals surface area contributed by atoms with Crippen molar-refractivity contribution < 1.29 is 5.11 Å². The number of nitrogens with two attached hydrogens (primary N) is 1. The van der Waals surface area contributed by atoms with Gasteiger partial charge in [-0.2, -0.15) is 5.10 Å². The Kier molecular flexibility index (Phi) is 2.59. The third-order valence-corrected chi connectivity index (χ3v) is 3.60. The maximum Gasteiger partial charge on any atom is 0.115 e. The molecule has 0 saturated carbocycles. The first kappa shape index (κ1) is 11.3. The molecule has 0 bridgehead atoms. The molecule has 1 unspecified atom stereocenters. The van der Waals surface area contributed by atoms with Gasteiger partial charge in [-0.15, -0.1) is 0 Å². The highest BCUT2D eigenvalue weighted by Crippen LogP contribution is 2.26. The van der Waals surface area contributed by atoms with E-state index in [-0.39, 0.29) is 11.8 Å². The van der Waals surface area contributed by atoms with Crippen molar-refractivity contribution in [1.82, 2.24) is 9.78 Å². The second kappa shape index (κ2) is 4.14. The van der Waals surface area contributed by atoms with Gasteiger partial charge in [-0.25, -0.2) is 4.68 Å². The lowest BCUT2D eigenvalue weighted by Crippen LogP contribution is -2.28. The van der Waals surface area contributed by atoms with Crippen LogP contribution in [-0.4, -0.2) is 20.9 Å². The molecule has 0 amide bonds. The topological polar surface area (TPSA) is 64.1 Å². The SMILES string of the molecule is Cc1nn(-c2ccc(O)cc2)c2c1CC(N)CC2. The molecule has 1 aromatic heterocycles. The van der Waals surface area contributed by atoms with Crippen molar-refractivity contribution in [1.29, 1.82) is 0 Å². The van der Waals surface area contributed by atoms with Crippen LogP contribution in [0, 0.1) is 6.92 Å². The number of phenols is 1. The second-order valence-electron chi connectivity index (χ2n) is 4.94. The zero-order valence-corrected chi connectivity index (χ0v) is 10.4. The van der Waals surface area contributed by atoms with Gasteiger partial charge in [0.1, 0.15) is 5.75 Å². The third kappa shape index (κ3) is 1.78. The molecule has 1 aliphatic rings. The van der Waals surface area contributed by atoms with Crippen molar-refractivity contribution >= 4 is 0 Å². The lowest BCUT2D eigenvalue weighted by molar-refractivity contribution is 0.475. The van der Waals surface area contributed by atoms with Gasteiger partial charge in [0.15, 0.2) is 0 Å². The van der Waals surface area contributed by atoms with Crippen LogP contribution in [0.4, 0.5) is 0 Å². The predicted octanol–water partition coefficient (Wildman–Crippen LogP) is 1.70. The highest BCUT2D eigenvalue weighted by Gasteiger charge is 2.23. The maximum atomic E-state index is 9.34. The minimum Gasteiger partial charge on any atom is -0.508 e. The normalized spacial score (nSPS) is 18.7. The van der Waals surface area contributed by atoms with E-state index in [1.807, 2.05) is 23.7 Å². The molecule has 0 saturated heterocycles. The minimum atomic E-state index is 0.258. The van der Waals surface area contributed by atoms with Crippen LogP contribution in [0.1, 0.15) is 23.4 Å². The minimum absolute atomic E-state index is 0.258. The number of nitrogens with zero attached hydrogens (tertiary/aromatic N) is 2. The number of hydrogen-bond donors (Lipinski definition) is 2. The molecular weight excluding hydrogens is 226 g/mol. The average Bonchev–Trinajstić information content (AvgIpc) is 2.68.